The van der Waals surface area contributed by atoms with Crippen molar-refractivity contribution >= 4 is 16.0 Å². The molecule has 1 saturated heterocycles. The van der Waals surface area contributed by atoms with Crippen LogP contribution < -0.4 is 10.0 Å². The van der Waals surface area contributed by atoms with Gasteiger partial charge in [-0.25, -0.2) is 13.1 Å². The second-order valence-corrected chi connectivity index (χ2v) is 9.39. The van der Waals surface area contributed by atoms with Gasteiger partial charge in [0, 0.05) is 45.8 Å². The lowest BCUT2D eigenvalue weighted by Gasteiger charge is -2.36. The first kappa shape index (κ1) is 22.6. The van der Waals surface area contributed by atoms with E-state index in [4.69, 9.17) is 0 Å². The summed E-state index contributed by atoms with van der Waals surface area (Å²) < 4.78 is 24.8. The van der Waals surface area contributed by atoms with E-state index in [0.29, 0.717) is 19.0 Å². The topological polar surface area (TPSA) is 77.0 Å². The van der Waals surface area contributed by atoms with Crippen LogP contribution in [0.5, 0.6) is 0 Å². The molecule has 0 bridgehead atoms. The fourth-order valence-electron chi connectivity index (χ4n) is 3.20. The summed E-state index contributed by atoms with van der Waals surface area (Å²) in [6, 6.07) is 8.94. The first-order chi connectivity index (χ1) is 13.3. The summed E-state index contributed by atoms with van der Waals surface area (Å²) in [6.45, 7) is 12.8. The Bertz CT molecular complexity index is 723. The molecule has 0 radical (unpaired) electrons. The average molecular weight is 410 g/mol. The van der Waals surface area contributed by atoms with Gasteiger partial charge in [-0.15, -0.1) is 0 Å². The highest BCUT2D eigenvalue weighted by atomic mass is 32.2. The first-order valence-corrected chi connectivity index (χ1v) is 12.0. The van der Waals surface area contributed by atoms with Crippen LogP contribution in [0.3, 0.4) is 0 Å². The van der Waals surface area contributed by atoms with Gasteiger partial charge < -0.3 is 10.2 Å². The second-order valence-electron chi connectivity index (χ2n) is 7.56. The third-order valence-corrected chi connectivity index (χ3v) is 5.53. The van der Waals surface area contributed by atoms with Crippen LogP contribution in [0.15, 0.2) is 29.3 Å². The third-order valence-electron chi connectivity index (χ3n) is 4.80. The monoisotopic (exact) mass is 409 g/mol. The van der Waals surface area contributed by atoms with Crippen LogP contribution in [0, 0.1) is 0 Å². The minimum Gasteiger partial charge on any atom is -0.357 e. The minimum atomic E-state index is -3.16. The Kier molecular flexibility index (Phi) is 8.72. The van der Waals surface area contributed by atoms with Gasteiger partial charge in [-0.1, -0.05) is 38.1 Å². The number of guanidine groups is 1. The highest BCUT2D eigenvalue weighted by Crippen LogP contribution is 2.16. The molecule has 0 atom stereocenters. The molecule has 0 spiro atoms. The lowest BCUT2D eigenvalue weighted by atomic mass is 10.0. The van der Waals surface area contributed by atoms with Gasteiger partial charge in [0.25, 0.3) is 0 Å². The molecule has 1 aromatic rings. The molecule has 2 rings (SSSR count). The maximum atomic E-state index is 11.2. The van der Waals surface area contributed by atoms with E-state index in [0.717, 1.165) is 51.5 Å². The average Bonchev–Trinajstić information content (AvgIpc) is 2.64. The third kappa shape index (κ3) is 7.77. The lowest BCUT2D eigenvalue weighted by Crippen LogP contribution is -2.52. The van der Waals surface area contributed by atoms with Crippen molar-refractivity contribution in [3.8, 4) is 0 Å². The maximum absolute atomic E-state index is 11.2. The molecule has 158 valence electrons. The summed E-state index contributed by atoms with van der Waals surface area (Å²) >= 11 is 0. The van der Waals surface area contributed by atoms with Gasteiger partial charge in [-0.3, -0.25) is 9.89 Å². The van der Waals surface area contributed by atoms with Crippen molar-refractivity contribution in [3.05, 3.63) is 35.4 Å². The van der Waals surface area contributed by atoms with Gasteiger partial charge >= 0.3 is 0 Å². The van der Waals surface area contributed by atoms with Crippen molar-refractivity contribution in [1.82, 2.24) is 19.8 Å². The van der Waals surface area contributed by atoms with E-state index < -0.39 is 10.0 Å². The van der Waals surface area contributed by atoms with Gasteiger partial charge in [0.05, 0.1) is 12.8 Å². The fraction of sp³-hybridized carbons (Fsp3) is 0.650. The predicted molar refractivity (Wildman–Crippen MR) is 116 cm³/mol. The van der Waals surface area contributed by atoms with E-state index in [2.05, 4.69) is 62.9 Å². The summed E-state index contributed by atoms with van der Waals surface area (Å²) in [6.07, 6.45) is 1.16. The molecule has 0 aromatic heterocycles. The summed E-state index contributed by atoms with van der Waals surface area (Å²) in [5.41, 5.74) is 2.73. The predicted octanol–water partition coefficient (Wildman–Crippen LogP) is 1.44. The molecule has 0 amide bonds. The number of hydrogen-bond donors (Lipinski definition) is 2. The summed E-state index contributed by atoms with van der Waals surface area (Å²) in [7, 11) is -3.16. The van der Waals surface area contributed by atoms with Gasteiger partial charge in [-0.2, -0.15) is 0 Å². The molecule has 1 fully saturated rings. The lowest BCUT2D eigenvalue weighted by molar-refractivity contribution is 0.172. The molecule has 1 aliphatic rings. The normalized spacial score (nSPS) is 16.6. The van der Waals surface area contributed by atoms with Crippen LogP contribution in [-0.4, -0.2) is 76.2 Å². The molecule has 2 N–H and O–H groups in total. The number of sulfonamides is 1. The van der Waals surface area contributed by atoms with E-state index in [1.54, 1.807) is 0 Å². The zero-order valence-electron chi connectivity index (χ0n) is 17.6. The smallest absolute Gasteiger partial charge is 0.208 e. The van der Waals surface area contributed by atoms with Crippen molar-refractivity contribution < 1.29 is 8.42 Å². The minimum absolute atomic E-state index is 0.320. The molecule has 0 aliphatic carbocycles. The van der Waals surface area contributed by atoms with Crippen molar-refractivity contribution in [3.63, 3.8) is 0 Å². The van der Waals surface area contributed by atoms with Gasteiger partial charge in [0.15, 0.2) is 5.96 Å². The van der Waals surface area contributed by atoms with Crippen molar-refractivity contribution in [1.29, 1.82) is 0 Å². The van der Waals surface area contributed by atoms with Crippen LogP contribution in [0.25, 0.3) is 0 Å². The Morgan fingerprint density at radius 3 is 2.32 bits per heavy atom. The Labute approximate surface area is 170 Å². The first-order valence-electron chi connectivity index (χ1n) is 10.1. The molecule has 7 nitrogen and oxygen atoms in total. The molecule has 1 aliphatic heterocycles. The highest BCUT2D eigenvalue weighted by Gasteiger charge is 2.19. The van der Waals surface area contributed by atoms with Crippen LogP contribution in [0.2, 0.25) is 0 Å². The fourth-order valence-corrected chi connectivity index (χ4v) is 3.66. The summed E-state index contributed by atoms with van der Waals surface area (Å²) in [4.78, 5) is 9.28. The summed E-state index contributed by atoms with van der Waals surface area (Å²) in [5, 5.41) is 3.31. The van der Waals surface area contributed by atoms with Gasteiger partial charge in [-0.05, 0) is 24.0 Å². The molecule has 0 saturated carbocycles. The number of piperazine rings is 1. The Balaban J connectivity index is 1.84. The van der Waals surface area contributed by atoms with Crippen LogP contribution >= 0.6 is 0 Å². The number of rotatable bonds is 8. The molecule has 28 heavy (non-hydrogen) atoms. The zero-order valence-corrected chi connectivity index (χ0v) is 18.4. The molecular weight excluding hydrogens is 374 g/mol. The van der Waals surface area contributed by atoms with Gasteiger partial charge in [0.2, 0.25) is 10.0 Å². The van der Waals surface area contributed by atoms with Crippen molar-refractivity contribution in [2.45, 2.75) is 33.2 Å². The number of nitrogens with one attached hydrogen (secondary N) is 2. The van der Waals surface area contributed by atoms with Crippen LogP contribution in [0.1, 0.15) is 37.8 Å². The summed E-state index contributed by atoms with van der Waals surface area (Å²) in [5.74, 6) is 1.42. The largest absolute Gasteiger partial charge is 0.357 e. The number of hydrogen-bond acceptors (Lipinski definition) is 4. The van der Waals surface area contributed by atoms with E-state index in [-0.39, 0.29) is 0 Å². The van der Waals surface area contributed by atoms with Gasteiger partial charge in [0.1, 0.15) is 0 Å². The van der Waals surface area contributed by atoms with Crippen molar-refractivity contribution in [2.24, 2.45) is 4.99 Å². The molecule has 8 heteroatoms. The Morgan fingerprint density at radius 1 is 1.14 bits per heavy atom. The second kappa shape index (κ2) is 10.8. The molecule has 0 unspecified atom stereocenters. The molecule has 1 heterocycles. The van der Waals surface area contributed by atoms with E-state index >= 15 is 0 Å². The Hall–Kier alpha value is -1.64. The SMILES string of the molecule is CCNC(=NCCNS(C)(=O)=O)N1CCN(Cc2ccc(C(C)C)cc2)CC1. The number of benzene rings is 1. The molecular formula is C20H35N5O2S. The van der Waals surface area contributed by atoms with E-state index in [9.17, 15) is 8.42 Å². The van der Waals surface area contributed by atoms with Crippen molar-refractivity contribution in [2.75, 3.05) is 52.1 Å². The van der Waals surface area contributed by atoms with E-state index in [1.807, 2.05) is 6.92 Å². The van der Waals surface area contributed by atoms with E-state index in [1.165, 1.54) is 11.1 Å². The number of nitrogens with zero attached hydrogens (tertiary/aromatic N) is 3. The quantitative estimate of drug-likeness (QED) is 0.386. The highest BCUT2D eigenvalue weighted by molar-refractivity contribution is 7.88. The van der Waals surface area contributed by atoms with Crippen LogP contribution in [0.4, 0.5) is 0 Å². The zero-order chi connectivity index (χ0) is 20.6. The van der Waals surface area contributed by atoms with Crippen LogP contribution in [-0.2, 0) is 16.6 Å². The Morgan fingerprint density at radius 2 is 1.79 bits per heavy atom. The maximum Gasteiger partial charge on any atom is 0.208 e. The number of aliphatic imine (C=N–C) groups is 1. The molecule has 1 aromatic carbocycles. The standard InChI is InChI=1S/C20H35N5O2S/c1-5-21-20(22-10-11-23-28(4,26)27)25-14-12-24(13-15-25)16-18-6-8-19(9-7-18)17(2)3/h6-9,17,23H,5,10-16H2,1-4H3,(H,21,22).